The van der Waals surface area contributed by atoms with Gasteiger partial charge in [0, 0.05) is 6.42 Å². The Morgan fingerprint density at radius 2 is 1.63 bits per heavy atom. The number of para-hydroxylation sites is 2. The lowest BCUT2D eigenvalue weighted by Gasteiger charge is -2.25. The Kier molecular flexibility index (Phi) is 11.4. The third-order valence-electron chi connectivity index (χ3n) is 5.49. The monoisotopic (exact) mass is 584 g/mol. The van der Waals surface area contributed by atoms with Crippen LogP contribution in [-0.2, 0) is 28.5 Å². The van der Waals surface area contributed by atoms with E-state index in [0.29, 0.717) is 5.69 Å². The normalized spacial score (nSPS) is 14.5. The van der Waals surface area contributed by atoms with Gasteiger partial charge in [-0.2, -0.15) is 10.2 Å². The van der Waals surface area contributed by atoms with Crippen molar-refractivity contribution < 1.29 is 38.1 Å². The Morgan fingerprint density at radius 3 is 2.34 bits per heavy atom. The number of benzene rings is 2. The molecular weight excluding hydrogens is 556 g/mol. The van der Waals surface area contributed by atoms with E-state index < -0.39 is 35.1 Å². The molecule has 13 heteroatoms. The lowest BCUT2D eigenvalue weighted by Crippen LogP contribution is -2.33. The molecule has 12 nitrogen and oxygen atoms in total. The number of rotatable bonds is 13. The van der Waals surface area contributed by atoms with Crippen LogP contribution in [0, 0.1) is 0 Å². The fraction of sp³-hybridized carbons (Fsp3) is 0.286. The van der Waals surface area contributed by atoms with E-state index in [4.69, 9.17) is 30.5 Å². The van der Waals surface area contributed by atoms with Crippen LogP contribution in [0.1, 0.15) is 41.0 Å². The van der Waals surface area contributed by atoms with Crippen molar-refractivity contribution in [3.63, 3.8) is 0 Å². The number of anilines is 2. The van der Waals surface area contributed by atoms with Gasteiger partial charge in [-0.05, 0) is 38.1 Å². The largest absolute Gasteiger partial charge is 0.461 e. The molecular formula is C28H29ClN4O8. The molecule has 216 valence electrons. The Morgan fingerprint density at radius 1 is 0.976 bits per heavy atom. The third-order valence-corrected chi connectivity index (χ3v) is 5.73. The zero-order chi connectivity index (χ0) is 29.8. The van der Waals surface area contributed by atoms with Crippen LogP contribution >= 0.6 is 11.6 Å². The van der Waals surface area contributed by atoms with Crippen LogP contribution in [0.4, 0.5) is 11.4 Å². The summed E-state index contributed by atoms with van der Waals surface area (Å²) in [5, 5.41) is 9.15. The number of nitrogens with one attached hydrogen (secondary N) is 1. The van der Waals surface area contributed by atoms with Gasteiger partial charge in [-0.15, -0.1) is 0 Å². The molecule has 0 aromatic heterocycles. The standard InChI is InChI=1S/C28H29ClN4O8/c1-4-15-40-26(35)20-12-8-10-14-23(20)33-18(16-22(32-33)27(36)38-5-2)17-41-25(34)19-11-7-9-13-21(19)30-31-24(29)28(37)39-6-3/h4,7-14,18,30H,1,5-6,15-17H2,2-3H3/b31-24+. The average Bonchev–Trinajstić information content (AvgIpc) is 3.42. The molecule has 0 fully saturated rings. The van der Waals surface area contributed by atoms with Crippen LogP contribution in [0.5, 0.6) is 0 Å². The highest BCUT2D eigenvalue weighted by atomic mass is 35.5. The molecule has 41 heavy (non-hydrogen) atoms. The van der Waals surface area contributed by atoms with Gasteiger partial charge >= 0.3 is 23.9 Å². The van der Waals surface area contributed by atoms with Crippen molar-refractivity contribution in [3.05, 3.63) is 72.3 Å². The minimum absolute atomic E-state index is 0.00798. The summed E-state index contributed by atoms with van der Waals surface area (Å²) in [5.74, 6) is -2.78. The molecule has 0 amide bonds. The van der Waals surface area contributed by atoms with E-state index in [2.05, 4.69) is 22.2 Å². The van der Waals surface area contributed by atoms with Gasteiger partial charge in [-0.1, -0.05) is 48.5 Å². The van der Waals surface area contributed by atoms with Crippen LogP contribution in [0.3, 0.4) is 0 Å². The molecule has 0 aliphatic carbocycles. The summed E-state index contributed by atoms with van der Waals surface area (Å²) in [6.45, 7) is 6.91. The van der Waals surface area contributed by atoms with Crippen molar-refractivity contribution in [3.8, 4) is 0 Å². The summed E-state index contributed by atoms with van der Waals surface area (Å²) < 4.78 is 20.7. The summed E-state index contributed by atoms with van der Waals surface area (Å²) in [7, 11) is 0. The zero-order valence-electron chi connectivity index (χ0n) is 22.5. The number of hydrogen-bond acceptors (Lipinski definition) is 12. The maximum atomic E-state index is 13.1. The minimum atomic E-state index is -0.825. The van der Waals surface area contributed by atoms with Gasteiger partial charge in [-0.25, -0.2) is 19.2 Å². The third kappa shape index (κ3) is 8.15. The first-order valence-corrected chi connectivity index (χ1v) is 13.0. The maximum absolute atomic E-state index is 13.1. The number of nitrogens with zero attached hydrogens (tertiary/aromatic N) is 3. The topological polar surface area (TPSA) is 145 Å². The summed E-state index contributed by atoms with van der Waals surface area (Å²) in [5.41, 5.74) is 3.56. The first-order valence-electron chi connectivity index (χ1n) is 12.6. The number of halogens is 1. The fourth-order valence-corrected chi connectivity index (χ4v) is 3.79. The van der Waals surface area contributed by atoms with Gasteiger partial charge in [0.15, 0.2) is 0 Å². The minimum Gasteiger partial charge on any atom is -0.461 e. The fourth-order valence-electron chi connectivity index (χ4n) is 3.69. The Bertz CT molecular complexity index is 1360. The molecule has 0 bridgehead atoms. The van der Waals surface area contributed by atoms with Gasteiger partial charge in [0.1, 0.15) is 18.9 Å². The zero-order valence-corrected chi connectivity index (χ0v) is 23.3. The summed E-state index contributed by atoms with van der Waals surface area (Å²) >= 11 is 5.84. The summed E-state index contributed by atoms with van der Waals surface area (Å²) in [6.07, 6.45) is 1.53. The molecule has 0 saturated heterocycles. The van der Waals surface area contributed by atoms with E-state index in [1.54, 1.807) is 56.3 Å². The number of esters is 4. The number of carbonyl (C=O) groups is 4. The van der Waals surface area contributed by atoms with Gasteiger partial charge in [0.2, 0.25) is 5.17 Å². The van der Waals surface area contributed by atoms with Crippen molar-refractivity contribution >= 4 is 57.7 Å². The maximum Gasteiger partial charge on any atom is 0.370 e. The SMILES string of the molecule is C=CCOC(=O)c1ccccc1N1N=C(C(=O)OCC)CC1COC(=O)c1ccccc1N/N=C(/Cl)C(=O)OCC. The Balaban J connectivity index is 1.82. The summed E-state index contributed by atoms with van der Waals surface area (Å²) in [4.78, 5) is 50.0. The molecule has 2 aromatic carbocycles. The number of carbonyl (C=O) groups excluding carboxylic acids is 4. The van der Waals surface area contributed by atoms with E-state index in [9.17, 15) is 19.2 Å². The van der Waals surface area contributed by atoms with Crippen LogP contribution < -0.4 is 10.4 Å². The van der Waals surface area contributed by atoms with Crippen molar-refractivity contribution in [1.82, 2.24) is 0 Å². The average molecular weight is 585 g/mol. The van der Waals surface area contributed by atoms with Crippen molar-refractivity contribution in [2.24, 2.45) is 10.2 Å². The smallest absolute Gasteiger partial charge is 0.370 e. The highest BCUT2D eigenvalue weighted by Crippen LogP contribution is 2.30. The molecule has 1 atom stereocenters. The van der Waals surface area contributed by atoms with Crippen LogP contribution in [-0.4, -0.2) is 67.2 Å². The van der Waals surface area contributed by atoms with E-state index in [1.165, 1.54) is 17.2 Å². The predicted molar refractivity (Wildman–Crippen MR) is 152 cm³/mol. The predicted octanol–water partition coefficient (Wildman–Crippen LogP) is 3.91. The van der Waals surface area contributed by atoms with E-state index in [1.807, 2.05) is 0 Å². The van der Waals surface area contributed by atoms with Gasteiger partial charge in [0.05, 0.1) is 41.8 Å². The van der Waals surface area contributed by atoms with Gasteiger partial charge < -0.3 is 18.9 Å². The molecule has 1 N–H and O–H groups in total. The van der Waals surface area contributed by atoms with Crippen LogP contribution in [0.15, 0.2) is 71.4 Å². The molecule has 0 saturated carbocycles. The van der Waals surface area contributed by atoms with Gasteiger partial charge in [-0.3, -0.25) is 10.4 Å². The lowest BCUT2D eigenvalue weighted by atomic mass is 10.1. The quantitative estimate of drug-likeness (QED) is 0.121. The van der Waals surface area contributed by atoms with Crippen molar-refractivity contribution in [1.29, 1.82) is 0 Å². The van der Waals surface area contributed by atoms with Crippen molar-refractivity contribution in [2.45, 2.75) is 26.3 Å². The molecule has 2 aromatic rings. The number of ether oxygens (including phenoxy) is 4. The molecule has 0 spiro atoms. The van der Waals surface area contributed by atoms with Gasteiger partial charge in [0.25, 0.3) is 0 Å². The van der Waals surface area contributed by atoms with E-state index >= 15 is 0 Å². The van der Waals surface area contributed by atoms with Crippen LogP contribution in [0.25, 0.3) is 0 Å². The first kappa shape index (κ1) is 30.8. The first-order chi connectivity index (χ1) is 19.8. The second-order valence-electron chi connectivity index (χ2n) is 8.25. The Hall–Kier alpha value is -4.71. The summed E-state index contributed by atoms with van der Waals surface area (Å²) in [6, 6.07) is 12.2. The van der Waals surface area contributed by atoms with Crippen molar-refractivity contribution in [2.75, 3.05) is 36.9 Å². The second-order valence-corrected chi connectivity index (χ2v) is 8.61. The lowest BCUT2D eigenvalue weighted by molar-refractivity contribution is -0.135. The molecule has 1 unspecified atom stereocenters. The molecule has 1 aliphatic rings. The van der Waals surface area contributed by atoms with E-state index in [-0.39, 0.29) is 55.4 Å². The highest BCUT2D eigenvalue weighted by Gasteiger charge is 2.35. The second kappa shape index (κ2) is 15.2. The Labute approximate surface area is 241 Å². The number of hydrazone groups is 2. The molecule has 3 rings (SSSR count). The van der Waals surface area contributed by atoms with Crippen LogP contribution in [0.2, 0.25) is 0 Å². The highest BCUT2D eigenvalue weighted by molar-refractivity contribution is 6.82. The molecule has 1 aliphatic heterocycles. The molecule has 1 heterocycles. The molecule has 0 radical (unpaired) electrons. The van der Waals surface area contributed by atoms with E-state index in [0.717, 1.165) is 0 Å². The number of hydrogen-bond donors (Lipinski definition) is 1.